The van der Waals surface area contributed by atoms with Crippen LogP contribution in [0.3, 0.4) is 0 Å². The highest BCUT2D eigenvalue weighted by atomic mass is 35.5. The van der Waals surface area contributed by atoms with Gasteiger partial charge in [-0.15, -0.1) is 0 Å². The fourth-order valence-electron chi connectivity index (χ4n) is 2.39. The Labute approximate surface area is 110 Å². The van der Waals surface area contributed by atoms with Gasteiger partial charge in [-0.1, -0.05) is 11.6 Å². The van der Waals surface area contributed by atoms with Crippen LogP contribution >= 0.6 is 11.6 Å². The summed E-state index contributed by atoms with van der Waals surface area (Å²) in [6, 6.07) is 4.59. The maximum absolute atomic E-state index is 11.9. The lowest BCUT2D eigenvalue weighted by atomic mass is 10.1. The van der Waals surface area contributed by atoms with Crippen molar-refractivity contribution in [2.75, 3.05) is 28.3 Å². The molecule has 1 N–H and O–H groups in total. The van der Waals surface area contributed by atoms with Crippen molar-refractivity contribution in [2.24, 2.45) is 0 Å². The van der Waals surface area contributed by atoms with Gasteiger partial charge >= 0.3 is 0 Å². The van der Waals surface area contributed by atoms with Crippen molar-refractivity contribution in [3.8, 4) is 0 Å². The first-order valence-electron chi connectivity index (χ1n) is 5.54. The molecule has 0 saturated carbocycles. The second-order valence-electron chi connectivity index (χ2n) is 4.47. The number of nitrogens with zero attached hydrogens (tertiary/aromatic N) is 1. The van der Waals surface area contributed by atoms with Crippen LogP contribution in [0.2, 0.25) is 5.02 Å². The molecule has 2 aliphatic rings. The summed E-state index contributed by atoms with van der Waals surface area (Å²) in [6.07, 6.45) is 0. The topological polar surface area (TPSA) is 66.5 Å². The first-order valence-corrected chi connectivity index (χ1v) is 7.74. The van der Waals surface area contributed by atoms with Gasteiger partial charge < -0.3 is 10.2 Å². The van der Waals surface area contributed by atoms with E-state index in [9.17, 15) is 13.2 Å². The fraction of sp³-hybridized carbons (Fsp3) is 0.364. The average Bonchev–Trinajstić information content (AvgIpc) is 2.28. The van der Waals surface area contributed by atoms with E-state index in [1.54, 1.807) is 12.1 Å². The normalized spacial score (nSPS) is 25.1. The molecule has 7 heteroatoms. The van der Waals surface area contributed by atoms with Crippen LogP contribution in [0.5, 0.6) is 0 Å². The van der Waals surface area contributed by atoms with Gasteiger partial charge in [-0.05, 0) is 18.2 Å². The van der Waals surface area contributed by atoms with E-state index in [2.05, 4.69) is 5.32 Å². The number of hydrogen-bond acceptors (Lipinski definition) is 4. The summed E-state index contributed by atoms with van der Waals surface area (Å²) in [5.74, 6) is -0.326. The molecule has 1 unspecified atom stereocenters. The number of halogens is 1. The number of anilines is 2. The van der Waals surface area contributed by atoms with Crippen molar-refractivity contribution in [3.63, 3.8) is 0 Å². The van der Waals surface area contributed by atoms with Gasteiger partial charge in [-0.3, -0.25) is 4.79 Å². The van der Waals surface area contributed by atoms with E-state index in [4.69, 9.17) is 11.6 Å². The van der Waals surface area contributed by atoms with Gasteiger partial charge in [0.2, 0.25) is 5.91 Å². The number of benzene rings is 1. The Kier molecular flexibility index (Phi) is 2.53. The summed E-state index contributed by atoms with van der Waals surface area (Å²) in [7, 11) is -3.13. The minimum Gasteiger partial charge on any atom is -0.356 e. The van der Waals surface area contributed by atoms with E-state index < -0.39 is 15.9 Å². The van der Waals surface area contributed by atoms with E-state index in [0.29, 0.717) is 17.3 Å². The van der Waals surface area contributed by atoms with Gasteiger partial charge in [0, 0.05) is 11.6 Å². The molecule has 2 heterocycles. The van der Waals surface area contributed by atoms with Crippen molar-refractivity contribution in [1.29, 1.82) is 0 Å². The van der Waals surface area contributed by atoms with Crippen molar-refractivity contribution in [3.05, 3.63) is 23.2 Å². The van der Waals surface area contributed by atoms with Crippen LogP contribution in [0.25, 0.3) is 0 Å². The molecule has 1 atom stereocenters. The number of rotatable bonds is 0. The molecule has 1 amide bonds. The summed E-state index contributed by atoms with van der Waals surface area (Å²) in [5.41, 5.74) is 1.47. The second-order valence-corrected chi connectivity index (χ2v) is 7.14. The second kappa shape index (κ2) is 3.86. The van der Waals surface area contributed by atoms with Gasteiger partial charge in [-0.25, -0.2) is 8.42 Å². The molecular weight excluding hydrogens is 276 g/mol. The standard InChI is InChI=1S/C11H11ClN2O3S/c12-7-1-2-9-8(5-7)13-11(15)10-6-18(16,17)4-3-14(9)10/h1-2,5,10H,3-4,6H2,(H,13,15). The van der Waals surface area contributed by atoms with E-state index in [1.165, 1.54) is 0 Å². The van der Waals surface area contributed by atoms with E-state index in [-0.39, 0.29) is 17.4 Å². The molecule has 2 aliphatic heterocycles. The monoisotopic (exact) mass is 286 g/mol. The molecule has 3 rings (SSSR count). The average molecular weight is 287 g/mol. The maximum atomic E-state index is 11.9. The summed E-state index contributed by atoms with van der Waals surface area (Å²) >= 11 is 5.88. The third kappa shape index (κ3) is 1.85. The number of carbonyl (C=O) groups is 1. The van der Waals surface area contributed by atoms with Crippen LogP contribution in [0, 0.1) is 0 Å². The molecule has 0 radical (unpaired) electrons. The number of fused-ring (bicyclic) bond motifs is 3. The molecule has 1 fully saturated rings. The van der Waals surface area contributed by atoms with Crippen LogP contribution in [-0.2, 0) is 14.6 Å². The Balaban J connectivity index is 2.06. The molecule has 5 nitrogen and oxygen atoms in total. The minimum atomic E-state index is -3.13. The minimum absolute atomic E-state index is 0.0822. The van der Waals surface area contributed by atoms with E-state index >= 15 is 0 Å². The Hall–Kier alpha value is -1.27. The van der Waals surface area contributed by atoms with Gasteiger partial charge in [0.15, 0.2) is 9.84 Å². The molecule has 18 heavy (non-hydrogen) atoms. The molecule has 0 spiro atoms. The Morgan fingerprint density at radius 1 is 1.39 bits per heavy atom. The van der Waals surface area contributed by atoms with Gasteiger partial charge in [0.25, 0.3) is 0 Å². The highest BCUT2D eigenvalue weighted by Gasteiger charge is 2.39. The lowest BCUT2D eigenvalue weighted by Crippen LogP contribution is -2.56. The highest BCUT2D eigenvalue weighted by molar-refractivity contribution is 7.91. The number of carbonyl (C=O) groups excluding carboxylic acids is 1. The Bertz CT molecular complexity index is 629. The molecule has 1 aromatic rings. The lowest BCUT2D eigenvalue weighted by molar-refractivity contribution is -0.117. The number of amides is 1. The molecule has 0 bridgehead atoms. The zero-order valence-corrected chi connectivity index (χ0v) is 11.0. The van der Waals surface area contributed by atoms with Crippen LogP contribution < -0.4 is 10.2 Å². The van der Waals surface area contributed by atoms with Gasteiger partial charge in [0.1, 0.15) is 6.04 Å². The van der Waals surface area contributed by atoms with Crippen LogP contribution in [0.15, 0.2) is 18.2 Å². The van der Waals surface area contributed by atoms with Gasteiger partial charge in [0.05, 0.1) is 22.9 Å². The van der Waals surface area contributed by atoms with Crippen molar-refractivity contribution < 1.29 is 13.2 Å². The van der Waals surface area contributed by atoms with Crippen molar-refractivity contribution >= 4 is 38.7 Å². The lowest BCUT2D eigenvalue weighted by Gasteiger charge is -2.40. The maximum Gasteiger partial charge on any atom is 0.248 e. The largest absolute Gasteiger partial charge is 0.356 e. The summed E-state index contributed by atoms with van der Waals surface area (Å²) < 4.78 is 23.2. The number of nitrogens with one attached hydrogen (secondary N) is 1. The molecule has 0 aliphatic carbocycles. The first-order chi connectivity index (χ1) is 8.46. The number of sulfone groups is 1. The summed E-state index contributed by atoms with van der Waals surface area (Å²) in [4.78, 5) is 13.8. The van der Waals surface area contributed by atoms with Crippen LogP contribution in [-0.4, -0.2) is 38.4 Å². The highest BCUT2D eigenvalue weighted by Crippen LogP contribution is 2.35. The van der Waals surface area contributed by atoms with Crippen LogP contribution in [0.1, 0.15) is 0 Å². The van der Waals surface area contributed by atoms with Gasteiger partial charge in [-0.2, -0.15) is 0 Å². The predicted octanol–water partition coefficient (Wildman–Crippen LogP) is 0.895. The fourth-order valence-corrected chi connectivity index (χ4v) is 4.01. The molecular formula is C11H11ClN2O3S. The molecule has 1 saturated heterocycles. The smallest absolute Gasteiger partial charge is 0.248 e. The van der Waals surface area contributed by atoms with E-state index in [0.717, 1.165) is 5.69 Å². The van der Waals surface area contributed by atoms with E-state index in [1.807, 2.05) is 11.0 Å². The first kappa shape index (κ1) is 11.8. The molecule has 1 aromatic carbocycles. The summed E-state index contributed by atoms with van der Waals surface area (Å²) in [6.45, 7) is 0.342. The third-order valence-corrected chi connectivity index (χ3v) is 5.12. The zero-order chi connectivity index (χ0) is 12.9. The zero-order valence-electron chi connectivity index (χ0n) is 9.39. The van der Waals surface area contributed by atoms with Crippen LogP contribution in [0.4, 0.5) is 11.4 Å². The predicted molar refractivity (Wildman–Crippen MR) is 69.9 cm³/mol. The Morgan fingerprint density at radius 2 is 2.17 bits per heavy atom. The summed E-state index contributed by atoms with van der Waals surface area (Å²) in [5, 5.41) is 3.25. The quantitative estimate of drug-likeness (QED) is 0.769. The van der Waals surface area contributed by atoms with Crippen molar-refractivity contribution in [1.82, 2.24) is 0 Å². The molecule has 96 valence electrons. The number of hydrogen-bond donors (Lipinski definition) is 1. The SMILES string of the molecule is O=C1Nc2cc(Cl)ccc2N2CCS(=O)(=O)CC12. The molecule has 0 aromatic heterocycles. The third-order valence-electron chi connectivity index (χ3n) is 3.26. The van der Waals surface area contributed by atoms with Crippen molar-refractivity contribution in [2.45, 2.75) is 6.04 Å². The Morgan fingerprint density at radius 3 is 2.94 bits per heavy atom.